The molecule has 0 aromatic heterocycles. The molecule has 0 aliphatic rings. The first-order valence-electron chi connectivity index (χ1n) is 29.7. The second-order valence-corrected chi connectivity index (χ2v) is 21.6. The smallest absolute Gasteiger partial charge is 0.306 e. The van der Waals surface area contributed by atoms with Crippen molar-refractivity contribution in [3.8, 4) is 0 Å². The zero-order valence-electron chi connectivity index (χ0n) is 45.3. The lowest BCUT2D eigenvalue weighted by Crippen LogP contribution is -2.30. The van der Waals surface area contributed by atoms with Crippen molar-refractivity contribution in [1.82, 2.24) is 0 Å². The van der Waals surface area contributed by atoms with Gasteiger partial charge in [-0.1, -0.05) is 298 Å². The zero-order valence-corrected chi connectivity index (χ0v) is 45.3. The number of carbonyl (C=O) groups excluding carboxylic acids is 3. The monoisotopic (exact) mass is 933 g/mol. The van der Waals surface area contributed by atoms with Crippen molar-refractivity contribution >= 4 is 17.9 Å². The topological polar surface area (TPSA) is 78.9 Å². The Morgan fingerprint density at radius 1 is 0.288 bits per heavy atom. The molecule has 0 rings (SSSR count). The molecule has 0 heterocycles. The van der Waals surface area contributed by atoms with Gasteiger partial charge in [0.25, 0.3) is 0 Å². The van der Waals surface area contributed by atoms with Gasteiger partial charge < -0.3 is 14.2 Å². The molecule has 0 fully saturated rings. The lowest BCUT2D eigenvalue weighted by Gasteiger charge is -2.18. The third-order valence-corrected chi connectivity index (χ3v) is 13.7. The van der Waals surface area contributed by atoms with Crippen molar-refractivity contribution in [2.45, 2.75) is 343 Å². The van der Waals surface area contributed by atoms with Gasteiger partial charge in [-0.3, -0.25) is 14.4 Å². The minimum Gasteiger partial charge on any atom is -0.462 e. The van der Waals surface area contributed by atoms with E-state index in [9.17, 15) is 14.4 Å². The van der Waals surface area contributed by atoms with Gasteiger partial charge in [-0.05, 0) is 31.1 Å². The molecule has 0 unspecified atom stereocenters. The number of hydrogen-bond acceptors (Lipinski definition) is 6. The second kappa shape index (κ2) is 52.8. The summed E-state index contributed by atoms with van der Waals surface area (Å²) in [6.07, 6.45) is 56.8. The number of hydrogen-bond donors (Lipinski definition) is 0. The Morgan fingerprint density at radius 2 is 0.500 bits per heavy atom. The quantitative estimate of drug-likeness (QED) is 0.0343. The van der Waals surface area contributed by atoms with Crippen molar-refractivity contribution in [3.05, 3.63) is 0 Å². The fourth-order valence-electron chi connectivity index (χ4n) is 9.23. The standard InChI is InChI=1S/C60H116O6/c1-6-7-8-9-10-11-12-13-14-15-16-20-23-26-29-35-40-45-50-58(61)64-53-57(66-60(63)52-47-42-37-32-31-34-39-44-49-56(4)5)54-65-59(62)51-46-41-36-30-27-24-21-18-17-19-22-25-28-33-38-43-48-55(2)3/h55-57H,6-54H2,1-5H3/t57-/m0/s1. The molecule has 6 heteroatoms. The maximum atomic E-state index is 12.8. The molecular formula is C60H116O6. The molecule has 0 saturated carbocycles. The van der Waals surface area contributed by atoms with Crippen LogP contribution in [0.5, 0.6) is 0 Å². The summed E-state index contributed by atoms with van der Waals surface area (Å²) in [7, 11) is 0. The van der Waals surface area contributed by atoms with E-state index in [1.54, 1.807) is 0 Å². The summed E-state index contributed by atoms with van der Waals surface area (Å²) in [5, 5.41) is 0. The van der Waals surface area contributed by atoms with E-state index >= 15 is 0 Å². The van der Waals surface area contributed by atoms with E-state index in [4.69, 9.17) is 14.2 Å². The van der Waals surface area contributed by atoms with Crippen LogP contribution in [0.3, 0.4) is 0 Å². The number of carbonyl (C=O) groups is 3. The van der Waals surface area contributed by atoms with Gasteiger partial charge in [0.15, 0.2) is 6.10 Å². The summed E-state index contributed by atoms with van der Waals surface area (Å²) in [6, 6.07) is 0. The van der Waals surface area contributed by atoms with Crippen LogP contribution in [0.15, 0.2) is 0 Å². The molecule has 0 amide bonds. The number of ether oxygens (including phenoxy) is 3. The Bertz CT molecular complexity index is 1010. The summed E-state index contributed by atoms with van der Waals surface area (Å²) in [4.78, 5) is 38.1. The molecule has 0 radical (unpaired) electrons. The first-order chi connectivity index (χ1) is 32.2. The molecule has 6 nitrogen and oxygen atoms in total. The predicted octanol–water partition coefficient (Wildman–Crippen LogP) is 19.7. The van der Waals surface area contributed by atoms with Crippen LogP contribution in [0.2, 0.25) is 0 Å². The summed E-state index contributed by atoms with van der Waals surface area (Å²) in [5.74, 6) is 0.806. The molecule has 0 aliphatic heterocycles. The van der Waals surface area contributed by atoms with Crippen LogP contribution in [0.25, 0.3) is 0 Å². The SMILES string of the molecule is CCCCCCCCCCCCCCCCCCCCC(=O)OC[C@@H](COC(=O)CCCCCCCCCCCCCCCCCCC(C)C)OC(=O)CCCCCCCCCCC(C)C. The van der Waals surface area contributed by atoms with Crippen LogP contribution < -0.4 is 0 Å². The molecule has 0 N–H and O–H groups in total. The van der Waals surface area contributed by atoms with Gasteiger partial charge in [-0.2, -0.15) is 0 Å². The Balaban J connectivity index is 4.22. The Hall–Kier alpha value is -1.59. The Morgan fingerprint density at radius 3 is 0.742 bits per heavy atom. The van der Waals surface area contributed by atoms with Crippen LogP contribution in [-0.2, 0) is 28.6 Å². The van der Waals surface area contributed by atoms with Crippen LogP contribution in [0.4, 0.5) is 0 Å². The zero-order chi connectivity index (χ0) is 48.2. The molecule has 392 valence electrons. The van der Waals surface area contributed by atoms with Crippen molar-refractivity contribution in [2.75, 3.05) is 13.2 Å². The van der Waals surface area contributed by atoms with E-state index < -0.39 is 6.10 Å². The average molecular weight is 934 g/mol. The first-order valence-corrected chi connectivity index (χ1v) is 29.7. The van der Waals surface area contributed by atoms with E-state index in [1.165, 1.54) is 225 Å². The van der Waals surface area contributed by atoms with Gasteiger partial charge in [0.2, 0.25) is 0 Å². The molecule has 0 aromatic carbocycles. The third kappa shape index (κ3) is 53.4. The van der Waals surface area contributed by atoms with Crippen molar-refractivity contribution in [1.29, 1.82) is 0 Å². The van der Waals surface area contributed by atoms with Gasteiger partial charge in [0, 0.05) is 19.3 Å². The van der Waals surface area contributed by atoms with Crippen molar-refractivity contribution in [3.63, 3.8) is 0 Å². The Kier molecular flexibility index (Phi) is 51.5. The highest BCUT2D eigenvalue weighted by Crippen LogP contribution is 2.18. The fraction of sp³-hybridized carbons (Fsp3) is 0.950. The Labute approximate surface area is 412 Å². The third-order valence-electron chi connectivity index (χ3n) is 13.7. The minimum atomic E-state index is -0.763. The fourth-order valence-corrected chi connectivity index (χ4v) is 9.23. The van der Waals surface area contributed by atoms with Gasteiger partial charge >= 0.3 is 17.9 Å². The normalized spacial score (nSPS) is 12.0. The highest BCUT2D eigenvalue weighted by atomic mass is 16.6. The summed E-state index contributed by atoms with van der Waals surface area (Å²) >= 11 is 0. The highest BCUT2D eigenvalue weighted by molar-refractivity contribution is 5.71. The summed E-state index contributed by atoms with van der Waals surface area (Å²) in [6.45, 7) is 11.4. The van der Waals surface area contributed by atoms with Crippen LogP contribution in [-0.4, -0.2) is 37.2 Å². The molecule has 0 bridgehead atoms. The predicted molar refractivity (Wildman–Crippen MR) is 284 cm³/mol. The first kappa shape index (κ1) is 64.4. The number of rotatable bonds is 54. The largest absolute Gasteiger partial charge is 0.462 e. The average Bonchev–Trinajstić information content (AvgIpc) is 3.29. The minimum absolute atomic E-state index is 0.0631. The number of esters is 3. The van der Waals surface area contributed by atoms with E-state index in [0.29, 0.717) is 19.3 Å². The molecule has 0 spiro atoms. The van der Waals surface area contributed by atoms with E-state index in [2.05, 4.69) is 34.6 Å². The molecule has 0 aromatic rings. The van der Waals surface area contributed by atoms with Crippen LogP contribution in [0, 0.1) is 11.8 Å². The maximum Gasteiger partial charge on any atom is 0.306 e. The molecule has 1 atom stereocenters. The summed E-state index contributed by atoms with van der Waals surface area (Å²) in [5.41, 5.74) is 0. The summed E-state index contributed by atoms with van der Waals surface area (Å²) < 4.78 is 16.9. The van der Waals surface area contributed by atoms with E-state index in [1.807, 2.05) is 0 Å². The number of unbranched alkanes of at least 4 members (excludes halogenated alkanes) is 39. The second-order valence-electron chi connectivity index (χ2n) is 21.6. The van der Waals surface area contributed by atoms with E-state index in [-0.39, 0.29) is 31.1 Å². The molecular weight excluding hydrogens is 817 g/mol. The highest BCUT2D eigenvalue weighted by Gasteiger charge is 2.19. The molecule has 66 heavy (non-hydrogen) atoms. The van der Waals surface area contributed by atoms with Gasteiger partial charge in [0.1, 0.15) is 13.2 Å². The van der Waals surface area contributed by atoms with Gasteiger partial charge in [-0.25, -0.2) is 0 Å². The van der Waals surface area contributed by atoms with Crippen molar-refractivity contribution < 1.29 is 28.6 Å². The van der Waals surface area contributed by atoms with Crippen LogP contribution in [0.1, 0.15) is 336 Å². The van der Waals surface area contributed by atoms with Crippen LogP contribution >= 0.6 is 0 Å². The van der Waals surface area contributed by atoms with Crippen molar-refractivity contribution in [2.24, 2.45) is 11.8 Å². The van der Waals surface area contributed by atoms with Gasteiger partial charge in [0.05, 0.1) is 0 Å². The lowest BCUT2D eigenvalue weighted by molar-refractivity contribution is -0.167. The lowest BCUT2D eigenvalue weighted by atomic mass is 10.0. The molecule has 0 saturated heterocycles. The van der Waals surface area contributed by atoms with Gasteiger partial charge in [-0.15, -0.1) is 0 Å². The van der Waals surface area contributed by atoms with E-state index in [0.717, 1.165) is 69.6 Å². The maximum absolute atomic E-state index is 12.8. The molecule has 0 aliphatic carbocycles.